The Hall–Kier alpha value is -2.36. The number of carbonyl (C=O) groups excluding carboxylic acids is 1. The van der Waals surface area contributed by atoms with E-state index in [1.165, 1.54) is 24.0 Å². The topological polar surface area (TPSA) is 38.1 Å². The maximum Gasteiger partial charge on any atom is 0.253 e. The summed E-state index contributed by atoms with van der Waals surface area (Å²) < 4.78 is 2.07. The van der Waals surface area contributed by atoms with Crippen LogP contribution in [0.15, 0.2) is 49.1 Å². The van der Waals surface area contributed by atoms with Crippen molar-refractivity contribution < 1.29 is 4.79 Å². The summed E-state index contributed by atoms with van der Waals surface area (Å²) in [6, 6.07) is 8.45. The summed E-state index contributed by atoms with van der Waals surface area (Å²) >= 11 is 0. The zero-order valence-corrected chi connectivity index (χ0v) is 12.5. The van der Waals surface area contributed by atoms with Crippen LogP contribution in [0.1, 0.15) is 41.2 Å². The molecule has 1 aliphatic heterocycles. The van der Waals surface area contributed by atoms with E-state index in [4.69, 9.17) is 0 Å². The second-order valence-electron chi connectivity index (χ2n) is 6.07. The number of likely N-dealkylation sites (tertiary alicyclic amines) is 1. The number of amides is 1. The van der Waals surface area contributed by atoms with Gasteiger partial charge in [-0.1, -0.05) is 18.2 Å². The highest BCUT2D eigenvalue weighted by Gasteiger charge is 2.32. The molecule has 1 aromatic heterocycles. The Morgan fingerprint density at radius 1 is 1.18 bits per heavy atom. The number of imidazole rings is 1. The lowest BCUT2D eigenvalue weighted by molar-refractivity contribution is 0.0520. The molecule has 112 valence electrons. The Balaban J connectivity index is 1.41. The van der Waals surface area contributed by atoms with Gasteiger partial charge in [0.2, 0.25) is 0 Å². The minimum atomic E-state index is 0.128. The molecule has 0 radical (unpaired) electrons. The molecule has 0 bridgehead atoms. The van der Waals surface area contributed by atoms with Gasteiger partial charge in [0.05, 0.1) is 12.4 Å². The maximum absolute atomic E-state index is 12.5. The summed E-state index contributed by atoms with van der Waals surface area (Å²) in [5.74, 6) is 0.128. The average Bonchev–Trinajstić information content (AvgIpc) is 3.19. The third-order valence-electron chi connectivity index (χ3n) is 4.64. The molecule has 1 aromatic carbocycles. The Bertz CT molecular complexity index is 694. The predicted octanol–water partition coefficient (Wildman–Crippen LogP) is 3.15. The second kappa shape index (κ2) is 5.44. The van der Waals surface area contributed by atoms with Crippen LogP contribution in [0.5, 0.6) is 0 Å². The van der Waals surface area contributed by atoms with Gasteiger partial charge in [-0.3, -0.25) is 4.79 Å². The van der Waals surface area contributed by atoms with Crippen molar-refractivity contribution in [1.29, 1.82) is 0 Å². The predicted molar refractivity (Wildman–Crippen MR) is 85.4 cm³/mol. The molecule has 0 unspecified atom stereocenters. The molecule has 4 nitrogen and oxygen atoms in total. The molecule has 0 N–H and O–H groups in total. The van der Waals surface area contributed by atoms with Gasteiger partial charge in [0.25, 0.3) is 5.91 Å². The molecule has 1 fully saturated rings. The molecule has 1 saturated heterocycles. The minimum absolute atomic E-state index is 0.128. The molecule has 0 saturated carbocycles. The summed E-state index contributed by atoms with van der Waals surface area (Å²) in [5, 5.41) is 0. The lowest BCUT2D eigenvalue weighted by Crippen LogP contribution is -2.50. The molecule has 2 aliphatic rings. The van der Waals surface area contributed by atoms with Gasteiger partial charge >= 0.3 is 0 Å². The molecule has 0 spiro atoms. The van der Waals surface area contributed by atoms with Crippen molar-refractivity contribution in [3.63, 3.8) is 0 Å². The first-order valence-corrected chi connectivity index (χ1v) is 7.87. The first-order chi connectivity index (χ1) is 10.8. The third kappa shape index (κ3) is 2.34. The van der Waals surface area contributed by atoms with Gasteiger partial charge in [-0.2, -0.15) is 0 Å². The van der Waals surface area contributed by atoms with Crippen LogP contribution in [0.4, 0.5) is 0 Å². The Morgan fingerprint density at radius 3 is 2.64 bits per heavy atom. The van der Waals surface area contributed by atoms with Crippen molar-refractivity contribution in [3.8, 4) is 0 Å². The van der Waals surface area contributed by atoms with Gasteiger partial charge < -0.3 is 9.47 Å². The van der Waals surface area contributed by atoms with Gasteiger partial charge in [-0.15, -0.1) is 0 Å². The van der Waals surface area contributed by atoms with E-state index < -0.39 is 0 Å². The smallest absolute Gasteiger partial charge is 0.253 e. The number of nitrogens with zero attached hydrogens (tertiary/aromatic N) is 3. The molecule has 2 heterocycles. The molecule has 0 atom stereocenters. The summed E-state index contributed by atoms with van der Waals surface area (Å²) in [5.41, 5.74) is 3.46. The lowest BCUT2D eigenvalue weighted by Gasteiger charge is -2.39. The summed E-state index contributed by atoms with van der Waals surface area (Å²) in [6.45, 7) is 1.53. The first-order valence-electron chi connectivity index (χ1n) is 7.87. The fraction of sp³-hybridized carbons (Fsp3) is 0.333. The number of rotatable bonds is 3. The minimum Gasteiger partial charge on any atom is -0.334 e. The zero-order valence-electron chi connectivity index (χ0n) is 12.5. The molecular formula is C18H19N3O. The van der Waals surface area contributed by atoms with E-state index in [2.05, 4.69) is 27.8 Å². The van der Waals surface area contributed by atoms with Crippen molar-refractivity contribution in [1.82, 2.24) is 14.5 Å². The molecule has 4 heteroatoms. The van der Waals surface area contributed by atoms with E-state index in [0.717, 1.165) is 25.1 Å². The normalized spacial score (nSPS) is 18.2. The van der Waals surface area contributed by atoms with Crippen molar-refractivity contribution in [2.75, 3.05) is 13.1 Å². The van der Waals surface area contributed by atoms with Crippen LogP contribution in [-0.2, 0) is 0 Å². The van der Waals surface area contributed by atoms with E-state index >= 15 is 0 Å². The van der Waals surface area contributed by atoms with Crippen LogP contribution in [-0.4, -0.2) is 33.4 Å². The van der Waals surface area contributed by atoms with Crippen LogP contribution < -0.4 is 0 Å². The highest BCUT2D eigenvalue weighted by atomic mass is 16.2. The fourth-order valence-electron chi connectivity index (χ4n) is 3.24. The largest absolute Gasteiger partial charge is 0.334 e. The number of hydrogen-bond acceptors (Lipinski definition) is 2. The lowest BCUT2D eigenvalue weighted by atomic mass is 10.0. The number of hydrogen-bond donors (Lipinski definition) is 0. The van der Waals surface area contributed by atoms with Crippen LogP contribution in [0.2, 0.25) is 0 Å². The van der Waals surface area contributed by atoms with Crippen LogP contribution in [0, 0.1) is 0 Å². The van der Waals surface area contributed by atoms with Gasteiger partial charge in [-0.05, 0) is 42.5 Å². The van der Waals surface area contributed by atoms with E-state index in [1.54, 1.807) is 6.20 Å². The van der Waals surface area contributed by atoms with E-state index in [-0.39, 0.29) is 5.91 Å². The van der Waals surface area contributed by atoms with Crippen LogP contribution >= 0.6 is 0 Å². The number of aromatic nitrogens is 2. The highest BCUT2D eigenvalue weighted by Crippen LogP contribution is 2.28. The third-order valence-corrected chi connectivity index (χ3v) is 4.64. The van der Waals surface area contributed by atoms with Crippen LogP contribution in [0.3, 0.4) is 0 Å². The van der Waals surface area contributed by atoms with E-state index in [1.807, 2.05) is 29.6 Å². The fourth-order valence-corrected chi connectivity index (χ4v) is 3.24. The maximum atomic E-state index is 12.5. The van der Waals surface area contributed by atoms with Gasteiger partial charge in [0, 0.05) is 31.0 Å². The molecule has 4 rings (SSSR count). The zero-order chi connectivity index (χ0) is 14.9. The van der Waals surface area contributed by atoms with Crippen molar-refractivity contribution in [3.05, 3.63) is 60.2 Å². The Labute approximate surface area is 130 Å². The van der Waals surface area contributed by atoms with Gasteiger partial charge in [-0.25, -0.2) is 4.98 Å². The molecule has 1 amide bonds. The first kappa shape index (κ1) is 13.3. The standard InChI is InChI=1S/C18H19N3O/c22-18(21-11-17(12-21)20-10-9-19-13-20)16-7-5-15(6-8-16)14-3-1-2-4-14/h3,5-10,13,17H,1-2,4,11-12H2. The van der Waals surface area contributed by atoms with Crippen LogP contribution in [0.25, 0.3) is 5.57 Å². The van der Waals surface area contributed by atoms with Crippen molar-refractivity contribution in [2.45, 2.75) is 25.3 Å². The van der Waals surface area contributed by atoms with E-state index in [0.29, 0.717) is 6.04 Å². The number of allylic oxidation sites excluding steroid dienone is 2. The molecular weight excluding hydrogens is 274 g/mol. The molecule has 22 heavy (non-hydrogen) atoms. The second-order valence-corrected chi connectivity index (χ2v) is 6.07. The summed E-state index contributed by atoms with van der Waals surface area (Å²) in [7, 11) is 0. The van der Waals surface area contributed by atoms with Crippen molar-refractivity contribution >= 4 is 11.5 Å². The summed E-state index contributed by atoms with van der Waals surface area (Å²) in [4.78, 5) is 18.4. The quantitative estimate of drug-likeness (QED) is 0.872. The average molecular weight is 293 g/mol. The SMILES string of the molecule is O=C(c1ccc(C2=CCCC2)cc1)N1CC(n2ccnc2)C1. The Morgan fingerprint density at radius 2 is 2.00 bits per heavy atom. The van der Waals surface area contributed by atoms with Crippen molar-refractivity contribution in [2.24, 2.45) is 0 Å². The van der Waals surface area contributed by atoms with Gasteiger partial charge in [0.15, 0.2) is 0 Å². The Kier molecular flexibility index (Phi) is 3.29. The monoisotopic (exact) mass is 293 g/mol. The molecule has 2 aromatic rings. The van der Waals surface area contributed by atoms with E-state index in [9.17, 15) is 4.79 Å². The summed E-state index contributed by atoms with van der Waals surface area (Å²) in [6.07, 6.45) is 11.4. The molecule has 1 aliphatic carbocycles. The number of benzene rings is 1. The van der Waals surface area contributed by atoms with Gasteiger partial charge in [0.1, 0.15) is 0 Å². The highest BCUT2D eigenvalue weighted by molar-refractivity contribution is 5.95. The number of carbonyl (C=O) groups is 1.